The number of unbranched alkanes of at least 4 members (excludes halogenated alkanes) is 3. The molecule has 0 atom stereocenters. The van der Waals surface area contributed by atoms with Gasteiger partial charge in [0.25, 0.3) is 0 Å². The van der Waals surface area contributed by atoms with Crippen LogP contribution in [-0.2, 0) is 17.9 Å². The first-order chi connectivity index (χ1) is 13.6. The van der Waals surface area contributed by atoms with E-state index < -0.39 is 0 Å². The lowest BCUT2D eigenvalue weighted by Crippen LogP contribution is -2.37. The van der Waals surface area contributed by atoms with Gasteiger partial charge in [0.05, 0.1) is 0 Å². The zero-order valence-electron chi connectivity index (χ0n) is 18.0. The fraction of sp³-hybridized carbons (Fsp3) is 0.652. The summed E-state index contributed by atoms with van der Waals surface area (Å²) in [7, 11) is 1.81. The molecule has 1 heterocycles. The van der Waals surface area contributed by atoms with Crippen molar-refractivity contribution in [3.8, 4) is 0 Å². The molecular weight excluding hydrogens is 348 g/mol. The van der Waals surface area contributed by atoms with Gasteiger partial charge in [0, 0.05) is 39.6 Å². The smallest absolute Gasteiger partial charge is 0.222 e. The molecule has 156 valence electrons. The quantitative estimate of drug-likeness (QED) is 0.342. The predicted molar refractivity (Wildman–Crippen MR) is 117 cm³/mol. The third-order valence-corrected chi connectivity index (χ3v) is 5.32. The second kappa shape index (κ2) is 12.4. The van der Waals surface area contributed by atoms with E-state index in [9.17, 15) is 4.79 Å². The standard InChI is InChI=1S/C23H38N4O/c1-19(2)11-6-4-5-9-15-25-23(24-3)26-17-20-12-7-8-13-21(20)18-27-16-10-14-22(27)28/h7-8,12-13,19H,4-6,9-11,14-18H2,1-3H3,(H2,24,25,26). The summed E-state index contributed by atoms with van der Waals surface area (Å²) in [6.45, 7) is 7.83. The molecule has 1 aliphatic heterocycles. The first-order valence-corrected chi connectivity index (χ1v) is 10.9. The number of aliphatic imine (C=N–C) groups is 1. The molecule has 1 aromatic carbocycles. The van der Waals surface area contributed by atoms with E-state index in [0.717, 1.165) is 31.4 Å². The number of carbonyl (C=O) groups is 1. The van der Waals surface area contributed by atoms with E-state index in [-0.39, 0.29) is 5.91 Å². The molecule has 0 radical (unpaired) electrons. The van der Waals surface area contributed by atoms with Crippen molar-refractivity contribution in [2.75, 3.05) is 20.1 Å². The van der Waals surface area contributed by atoms with E-state index in [1.165, 1.54) is 43.2 Å². The molecule has 28 heavy (non-hydrogen) atoms. The minimum atomic E-state index is 0.272. The number of nitrogens with one attached hydrogen (secondary N) is 2. The molecule has 0 unspecified atom stereocenters. The Hall–Kier alpha value is -2.04. The van der Waals surface area contributed by atoms with Gasteiger partial charge in [-0.1, -0.05) is 63.8 Å². The molecular formula is C23H38N4O. The van der Waals surface area contributed by atoms with Gasteiger partial charge < -0.3 is 15.5 Å². The number of guanidine groups is 1. The monoisotopic (exact) mass is 386 g/mol. The van der Waals surface area contributed by atoms with Gasteiger partial charge in [0.15, 0.2) is 5.96 Å². The summed E-state index contributed by atoms with van der Waals surface area (Å²) < 4.78 is 0. The van der Waals surface area contributed by atoms with Crippen molar-refractivity contribution >= 4 is 11.9 Å². The van der Waals surface area contributed by atoms with Crippen LogP contribution in [0.1, 0.15) is 69.9 Å². The number of hydrogen-bond acceptors (Lipinski definition) is 2. The largest absolute Gasteiger partial charge is 0.356 e. The molecule has 2 rings (SSSR count). The van der Waals surface area contributed by atoms with E-state index in [1.807, 2.05) is 18.0 Å². The highest BCUT2D eigenvalue weighted by Crippen LogP contribution is 2.17. The molecule has 1 amide bonds. The number of rotatable bonds is 11. The van der Waals surface area contributed by atoms with E-state index in [4.69, 9.17) is 0 Å². The van der Waals surface area contributed by atoms with Crippen molar-refractivity contribution in [2.24, 2.45) is 10.9 Å². The van der Waals surface area contributed by atoms with Crippen LogP contribution >= 0.6 is 0 Å². The molecule has 0 aromatic heterocycles. The van der Waals surface area contributed by atoms with Crippen LogP contribution in [-0.4, -0.2) is 36.9 Å². The summed E-state index contributed by atoms with van der Waals surface area (Å²) in [6.07, 6.45) is 8.09. The van der Waals surface area contributed by atoms with E-state index in [2.05, 4.69) is 47.7 Å². The molecule has 1 saturated heterocycles. The fourth-order valence-corrected chi connectivity index (χ4v) is 3.60. The third-order valence-electron chi connectivity index (χ3n) is 5.32. The van der Waals surface area contributed by atoms with Gasteiger partial charge in [0.2, 0.25) is 5.91 Å². The maximum atomic E-state index is 11.9. The summed E-state index contributed by atoms with van der Waals surface area (Å²) in [4.78, 5) is 18.2. The van der Waals surface area contributed by atoms with Gasteiger partial charge in [-0.15, -0.1) is 0 Å². The van der Waals surface area contributed by atoms with Crippen LogP contribution in [0.4, 0.5) is 0 Å². The van der Waals surface area contributed by atoms with Crippen molar-refractivity contribution in [1.82, 2.24) is 15.5 Å². The molecule has 0 saturated carbocycles. The van der Waals surface area contributed by atoms with Crippen LogP contribution in [0.25, 0.3) is 0 Å². The van der Waals surface area contributed by atoms with Crippen molar-refractivity contribution in [2.45, 2.75) is 71.9 Å². The fourth-order valence-electron chi connectivity index (χ4n) is 3.60. The first-order valence-electron chi connectivity index (χ1n) is 10.9. The maximum Gasteiger partial charge on any atom is 0.222 e. The van der Waals surface area contributed by atoms with Crippen molar-refractivity contribution in [1.29, 1.82) is 0 Å². The number of amides is 1. The van der Waals surface area contributed by atoms with Gasteiger partial charge in [-0.3, -0.25) is 9.79 Å². The van der Waals surface area contributed by atoms with E-state index >= 15 is 0 Å². The first kappa shape index (κ1) is 22.3. The maximum absolute atomic E-state index is 11.9. The molecule has 1 fully saturated rings. The molecule has 2 N–H and O–H groups in total. The number of likely N-dealkylation sites (tertiary alicyclic amines) is 1. The van der Waals surface area contributed by atoms with Crippen LogP contribution in [0.3, 0.4) is 0 Å². The van der Waals surface area contributed by atoms with Crippen molar-refractivity contribution < 1.29 is 4.79 Å². The summed E-state index contributed by atoms with van der Waals surface area (Å²) in [6, 6.07) is 8.35. The Morgan fingerprint density at radius 1 is 1.11 bits per heavy atom. The molecule has 0 spiro atoms. The average molecular weight is 387 g/mol. The molecule has 1 aliphatic rings. The summed E-state index contributed by atoms with van der Waals surface area (Å²) in [5, 5.41) is 6.83. The molecule has 5 heteroatoms. The van der Waals surface area contributed by atoms with Gasteiger partial charge >= 0.3 is 0 Å². The van der Waals surface area contributed by atoms with Crippen LogP contribution in [0.2, 0.25) is 0 Å². The van der Waals surface area contributed by atoms with Gasteiger partial charge in [-0.25, -0.2) is 0 Å². The van der Waals surface area contributed by atoms with E-state index in [0.29, 0.717) is 19.5 Å². The molecule has 0 bridgehead atoms. The highest BCUT2D eigenvalue weighted by Gasteiger charge is 2.20. The zero-order valence-corrected chi connectivity index (χ0v) is 18.0. The summed E-state index contributed by atoms with van der Waals surface area (Å²) in [5.74, 6) is 1.93. The highest BCUT2D eigenvalue weighted by atomic mass is 16.2. The molecule has 0 aliphatic carbocycles. The Morgan fingerprint density at radius 3 is 2.54 bits per heavy atom. The van der Waals surface area contributed by atoms with Crippen LogP contribution in [0.5, 0.6) is 0 Å². The van der Waals surface area contributed by atoms with Gasteiger partial charge in [-0.05, 0) is 29.9 Å². The second-order valence-electron chi connectivity index (χ2n) is 8.14. The molecule has 5 nitrogen and oxygen atoms in total. The normalized spacial score (nSPS) is 14.8. The number of carbonyl (C=O) groups excluding carboxylic acids is 1. The lowest BCUT2D eigenvalue weighted by molar-refractivity contribution is -0.128. The van der Waals surface area contributed by atoms with E-state index in [1.54, 1.807) is 0 Å². The lowest BCUT2D eigenvalue weighted by atomic mass is 10.0. The Labute approximate surface area is 171 Å². The van der Waals surface area contributed by atoms with Crippen LogP contribution in [0.15, 0.2) is 29.3 Å². The lowest BCUT2D eigenvalue weighted by Gasteiger charge is -2.19. The van der Waals surface area contributed by atoms with Crippen molar-refractivity contribution in [3.63, 3.8) is 0 Å². The minimum Gasteiger partial charge on any atom is -0.356 e. The summed E-state index contributed by atoms with van der Waals surface area (Å²) >= 11 is 0. The van der Waals surface area contributed by atoms with Gasteiger partial charge in [0.1, 0.15) is 0 Å². The highest BCUT2D eigenvalue weighted by molar-refractivity contribution is 5.79. The van der Waals surface area contributed by atoms with Crippen LogP contribution in [0, 0.1) is 5.92 Å². The van der Waals surface area contributed by atoms with Crippen LogP contribution < -0.4 is 10.6 Å². The Morgan fingerprint density at radius 2 is 1.86 bits per heavy atom. The van der Waals surface area contributed by atoms with Gasteiger partial charge in [-0.2, -0.15) is 0 Å². The Balaban J connectivity index is 1.72. The Kier molecular flexibility index (Phi) is 9.87. The predicted octanol–water partition coefficient (Wildman–Crippen LogP) is 4.08. The number of nitrogens with zero attached hydrogens (tertiary/aromatic N) is 2. The number of benzene rings is 1. The molecule has 1 aromatic rings. The third kappa shape index (κ3) is 7.91. The minimum absolute atomic E-state index is 0.272. The zero-order chi connectivity index (χ0) is 20.2. The SMILES string of the molecule is CN=C(NCCCCCCC(C)C)NCc1ccccc1CN1CCCC1=O. The number of hydrogen-bond donors (Lipinski definition) is 2. The summed E-state index contributed by atoms with van der Waals surface area (Å²) in [5.41, 5.74) is 2.43. The average Bonchev–Trinajstić information content (AvgIpc) is 3.09. The second-order valence-corrected chi connectivity index (χ2v) is 8.14. The Bertz CT molecular complexity index is 627. The van der Waals surface area contributed by atoms with Crippen molar-refractivity contribution in [3.05, 3.63) is 35.4 Å². The topological polar surface area (TPSA) is 56.7 Å².